The number of benzene rings is 3. The Morgan fingerprint density at radius 2 is 1.49 bits per heavy atom. The molecule has 1 aliphatic heterocycles. The lowest BCUT2D eigenvalue weighted by Gasteiger charge is -2.39. The van der Waals surface area contributed by atoms with Crippen LogP contribution in [0.25, 0.3) is 0 Å². The molecule has 1 fully saturated rings. The highest BCUT2D eigenvalue weighted by Gasteiger charge is 2.52. The minimum absolute atomic E-state index is 0.0569. The van der Waals surface area contributed by atoms with E-state index in [1.807, 2.05) is 107 Å². The number of aromatic amines is 1. The lowest BCUT2D eigenvalue weighted by atomic mass is 9.80. The minimum Gasteiger partial charge on any atom is -0.497 e. The summed E-state index contributed by atoms with van der Waals surface area (Å²) in [5.41, 5.74) is -0.279. The van der Waals surface area contributed by atoms with Crippen molar-refractivity contribution in [1.29, 1.82) is 5.26 Å². The van der Waals surface area contributed by atoms with Crippen LogP contribution in [0.4, 0.5) is 0 Å². The summed E-state index contributed by atoms with van der Waals surface area (Å²) >= 11 is 0. The monoisotopic (exact) mass is 832 g/mol. The van der Waals surface area contributed by atoms with E-state index in [9.17, 15) is 19.6 Å². The van der Waals surface area contributed by atoms with E-state index in [0.717, 1.165) is 16.7 Å². The molecule has 1 saturated heterocycles. The second kappa shape index (κ2) is 21.4. The van der Waals surface area contributed by atoms with Gasteiger partial charge in [0, 0.05) is 30.8 Å². The normalized spacial score (nSPS) is 18.5. The Morgan fingerprint density at radius 3 is 2.02 bits per heavy atom. The Kier molecular flexibility index (Phi) is 16.4. The van der Waals surface area contributed by atoms with Crippen LogP contribution in [-0.4, -0.2) is 84.8 Å². The maximum absolute atomic E-state index is 13.4. The molecular weight excluding hydrogens is 779 g/mol. The summed E-state index contributed by atoms with van der Waals surface area (Å²) in [5, 5.41) is 9.41. The summed E-state index contributed by atoms with van der Waals surface area (Å²) < 4.78 is 53.3. The lowest BCUT2D eigenvalue weighted by molar-refractivity contribution is -0.170. The highest BCUT2D eigenvalue weighted by atomic mass is 31.2. The van der Waals surface area contributed by atoms with Gasteiger partial charge in [-0.15, -0.1) is 0 Å². The second-order valence-corrected chi connectivity index (χ2v) is 15.5. The van der Waals surface area contributed by atoms with Gasteiger partial charge in [-0.05, 0) is 68.7 Å². The van der Waals surface area contributed by atoms with Crippen molar-refractivity contribution < 1.29 is 42.3 Å². The number of methoxy groups -OCH3 is 2. The van der Waals surface area contributed by atoms with Crippen LogP contribution in [0.5, 0.6) is 11.5 Å². The van der Waals surface area contributed by atoms with E-state index < -0.39 is 62.7 Å². The van der Waals surface area contributed by atoms with Gasteiger partial charge in [-0.1, -0.05) is 61.5 Å². The molecule has 4 aromatic rings. The Morgan fingerprint density at radius 1 is 0.898 bits per heavy atom. The number of nitrogens with one attached hydrogen (secondary N) is 1. The van der Waals surface area contributed by atoms with Gasteiger partial charge in [0.25, 0.3) is 14.1 Å². The van der Waals surface area contributed by atoms with Gasteiger partial charge in [0.2, 0.25) is 0 Å². The Labute approximate surface area is 345 Å². The highest BCUT2D eigenvalue weighted by molar-refractivity contribution is 7.44. The van der Waals surface area contributed by atoms with Gasteiger partial charge >= 0.3 is 11.7 Å². The van der Waals surface area contributed by atoms with Crippen LogP contribution >= 0.6 is 8.53 Å². The van der Waals surface area contributed by atoms with Crippen molar-refractivity contribution in [2.24, 2.45) is 0 Å². The number of rotatable bonds is 21. The molecule has 0 bridgehead atoms. The molecule has 1 aromatic heterocycles. The predicted octanol–water partition coefficient (Wildman–Crippen LogP) is 6.42. The zero-order chi connectivity index (χ0) is 42.5. The van der Waals surface area contributed by atoms with E-state index >= 15 is 0 Å². The van der Waals surface area contributed by atoms with Gasteiger partial charge in [-0.2, -0.15) is 5.26 Å². The van der Waals surface area contributed by atoms with Crippen molar-refractivity contribution in [2.75, 3.05) is 34.2 Å². The molecule has 0 amide bonds. The topological polar surface area (TPSA) is 173 Å². The van der Waals surface area contributed by atoms with Crippen molar-refractivity contribution in [2.45, 2.75) is 89.7 Å². The van der Waals surface area contributed by atoms with Crippen LogP contribution in [0.15, 0.2) is 101 Å². The van der Waals surface area contributed by atoms with Gasteiger partial charge in [0.1, 0.15) is 35.4 Å². The Hall–Kier alpha value is -4.91. The van der Waals surface area contributed by atoms with Gasteiger partial charge < -0.3 is 37.5 Å². The molecule has 1 unspecified atom stereocenters. The first-order valence-corrected chi connectivity index (χ1v) is 20.6. The zero-order valence-corrected chi connectivity index (χ0v) is 35.3. The third-order valence-corrected chi connectivity index (χ3v) is 11.8. The molecule has 0 radical (unpaired) electrons. The third-order valence-electron chi connectivity index (χ3n) is 9.69. The molecule has 0 aliphatic carbocycles. The van der Waals surface area contributed by atoms with Gasteiger partial charge in [-0.3, -0.25) is 19.1 Å². The molecule has 5 atom stereocenters. The maximum atomic E-state index is 13.4. The van der Waals surface area contributed by atoms with E-state index in [4.69, 9.17) is 37.5 Å². The highest BCUT2D eigenvalue weighted by Crippen LogP contribution is 2.51. The van der Waals surface area contributed by atoms with E-state index in [0.29, 0.717) is 11.5 Å². The first-order chi connectivity index (χ1) is 28.5. The van der Waals surface area contributed by atoms with Gasteiger partial charge in [-0.25, -0.2) is 9.46 Å². The summed E-state index contributed by atoms with van der Waals surface area (Å²) in [6, 6.07) is 28.1. The molecule has 1 aliphatic rings. The van der Waals surface area contributed by atoms with Crippen molar-refractivity contribution >= 4 is 14.5 Å². The summed E-state index contributed by atoms with van der Waals surface area (Å²) in [6.07, 6.45) is -2.79. The number of H-pyrrole nitrogens is 1. The van der Waals surface area contributed by atoms with E-state index in [1.165, 1.54) is 16.8 Å². The smallest absolute Gasteiger partial charge is 0.330 e. The average molecular weight is 833 g/mol. The largest absolute Gasteiger partial charge is 0.497 e. The first-order valence-electron chi connectivity index (χ1n) is 19.4. The standard InChI is InChI=1S/C43H53N4O11P/c1-8-38(49)53-28-54-40-39(58-59(56-26-12-24-44)47(29(2)3)30(4)5)36(57-41(40)46-25-23-37(48)45-42(46)50)27-55-43(31-13-10-9-11-14-31,32-15-19-34(51-6)20-16-32)33-17-21-35(52-7)22-18-33/h9-11,13-23,25,29-30,36,39-41H,8,12,26-28H2,1-7H3,(H,45,48,50)/t36-,39-,40-,41-,59?/m1/s1. The minimum atomic E-state index is -1.91. The van der Waals surface area contributed by atoms with Crippen LogP contribution < -0.4 is 20.7 Å². The van der Waals surface area contributed by atoms with Crippen LogP contribution in [0, 0.1) is 11.3 Å². The molecular formula is C43H53N4O11P. The molecule has 1 N–H and O–H groups in total. The molecule has 59 heavy (non-hydrogen) atoms. The number of ether oxygens (including phenoxy) is 6. The fourth-order valence-electron chi connectivity index (χ4n) is 6.96. The molecule has 16 heteroatoms. The van der Waals surface area contributed by atoms with E-state index in [1.54, 1.807) is 21.1 Å². The second-order valence-electron chi connectivity index (χ2n) is 14.1. The fourth-order valence-corrected chi connectivity index (χ4v) is 8.73. The SMILES string of the molecule is CCC(=O)OCO[C@@H]1[C@H](OP(OCCC#N)N(C(C)C)C(C)C)[C@@H](COC(c2ccccc2)(c2ccc(OC)cc2)c2ccc(OC)cc2)O[C@H]1n1ccc(=O)[nH]c1=O. The quantitative estimate of drug-likeness (QED) is 0.0321. The molecule has 5 rings (SSSR count). The van der Waals surface area contributed by atoms with Gasteiger partial charge in [0.05, 0.1) is 39.9 Å². The summed E-state index contributed by atoms with van der Waals surface area (Å²) in [7, 11) is 1.29. The molecule has 15 nitrogen and oxygen atoms in total. The van der Waals surface area contributed by atoms with Gasteiger partial charge in [0.15, 0.2) is 13.0 Å². The first kappa shape index (κ1) is 45.2. The molecule has 316 valence electrons. The van der Waals surface area contributed by atoms with Crippen molar-refractivity contribution in [3.63, 3.8) is 0 Å². The lowest BCUT2D eigenvalue weighted by Crippen LogP contribution is -2.44. The molecule has 3 aromatic carbocycles. The number of nitrogens with zero attached hydrogens (tertiary/aromatic N) is 3. The van der Waals surface area contributed by atoms with E-state index in [-0.39, 0.29) is 38.1 Å². The predicted molar refractivity (Wildman–Crippen MR) is 220 cm³/mol. The van der Waals surface area contributed by atoms with Crippen LogP contribution in [-0.2, 0) is 38.4 Å². The van der Waals surface area contributed by atoms with Crippen molar-refractivity contribution in [3.8, 4) is 17.6 Å². The van der Waals surface area contributed by atoms with Crippen LogP contribution in [0.2, 0.25) is 0 Å². The van der Waals surface area contributed by atoms with Crippen molar-refractivity contribution in [3.05, 3.63) is 129 Å². The van der Waals surface area contributed by atoms with E-state index in [2.05, 4.69) is 15.7 Å². The number of carbonyl (C=O) groups excluding carboxylic acids is 1. The summed E-state index contributed by atoms with van der Waals surface area (Å²) in [6.45, 7) is 9.15. The zero-order valence-electron chi connectivity index (χ0n) is 34.4. The van der Waals surface area contributed by atoms with Crippen LogP contribution in [0.3, 0.4) is 0 Å². The fraction of sp³-hybridized carbons (Fsp3) is 0.442. The number of hydrogen-bond donors (Lipinski definition) is 1. The molecule has 2 heterocycles. The maximum Gasteiger partial charge on any atom is 0.330 e. The molecule has 0 spiro atoms. The Balaban J connectivity index is 1.68. The average Bonchev–Trinajstić information content (AvgIpc) is 3.57. The number of hydrogen-bond acceptors (Lipinski definition) is 13. The summed E-state index contributed by atoms with van der Waals surface area (Å²) in [4.78, 5) is 40.2. The third kappa shape index (κ3) is 10.8. The number of carbonyl (C=O) groups is 1. The number of aromatic nitrogens is 2. The number of nitriles is 1. The van der Waals surface area contributed by atoms with Crippen LogP contribution in [0.1, 0.15) is 70.4 Å². The Bertz CT molecular complexity index is 2030. The molecule has 0 saturated carbocycles. The van der Waals surface area contributed by atoms with Crippen molar-refractivity contribution in [1.82, 2.24) is 14.2 Å². The number of esters is 1. The summed E-state index contributed by atoms with van der Waals surface area (Å²) in [5.74, 6) is 0.805.